The summed E-state index contributed by atoms with van der Waals surface area (Å²) in [4.78, 5) is 27.7. The molecule has 1 heterocycles. The van der Waals surface area contributed by atoms with E-state index in [2.05, 4.69) is 15.9 Å². The lowest BCUT2D eigenvalue weighted by molar-refractivity contribution is 0.0833. The molecular formula is C22H16BrNO2. The van der Waals surface area contributed by atoms with E-state index in [0.29, 0.717) is 11.1 Å². The lowest BCUT2D eigenvalue weighted by Gasteiger charge is -2.05. The monoisotopic (exact) mass is 405 g/mol. The zero-order valence-corrected chi connectivity index (χ0v) is 15.5. The second-order valence-electron chi connectivity index (χ2n) is 6.25. The van der Waals surface area contributed by atoms with Crippen LogP contribution in [0.3, 0.4) is 0 Å². The molecule has 3 aromatic carbocycles. The van der Waals surface area contributed by atoms with Crippen LogP contribution in [-0.2, 0) is 0 Å². The molecule has 1 fully saturated rings. The average Bonchev–Trinajstić information content (AvgIpc) is 3.44. The van der Waals surface area contributed by atoms with Gasteiger partial charge >= 0.3 is 0 Å². The molecule has 26 heavy (non-hydrogen) atoms. The molecular weight excluding hydrogens is 390 g/mol. The summed E-state index contributed by atoms with van der Waals surface area (Å²) in [6.07, 6.45) is 0. The predicted molar refractivity (Wildman–Crippen MR) is 104 cm³/mol. The molecule has 1 aliphatic heterocycles. The van der Waals surface area contributed by atoms with Gasteiger partial charge in [-0.3, -0.25) is 9.59 Å². The van der Waals surface area contributed by atoms with E-state index in [1.807, 2.05) is 60.7 Å². The fourth-order valence-electron chi connectivity index (χ4n) is 3.26. The highest BCUT2D eigenvalue weighted by Gasteiger charge is 2.56. The molecule has 0 saturated carbocycles. The number of nitrogens with zero attached hydrogens (tertiary/aromatic N) is 1. The summed E-state index contributed by atoms with van der Waals surface area (Å²) >= 11 is 3.38. The van der Waals surface area contributed by atoms with Gasteiger partial charge < -0.3 is 4.90 Å². The quantitative estimate of drug-likeness (QED) is 0.457. The molecule has 0 bridgehead atoms. The van der Waals surface area contributed by atoms with Crippen molar-refractivity contribution in [2.24, 2.45) is 0 Å². The molecule has 1 saturated heterocycles. The molecule has 0 aliphatic carbocycles. The van der Waals surface area contributed by atoms with Crippen molar-refractivity contribution in [1.82, 2.24) is 4.90 Å². The first-order chi connectivity index (χ1) is 12.7. The van der Waals surface area contributed by atoms with Gasteiger partial charge in [0.1, 0.15) is 6.04 Å². The van der Waals surface area contributed by atoms with Crippen LogP contribution in [0.4, 0.5) is 0 Å². The molecule has 1 aliphatic rings. The largest absolute Gasteiger partial charge is 0.316 e. The Hall–Kier alpha value is -2.72. The fraction of sp³-hybridized carbons (Fsp3) is 0.0909. The third-order valence-electron chi connectivity index (χ3n) is 4.60. The molecule has 128 valence electrons. The van der Waals surface area contributed by atoms with Crippen molar-refractivity contribution in [2.75, 3.05) is 0 Å². The van der Waals surface area contributed by atoms with Gasteiger partial charge in [0.15, 0.2) is 5.78 Å². The maximum absolute atomic E-state index is 13.0. The Morgan fingerprint density at radius 3 is 1.92 bits per heavy atom. The number of amides is 1. The lowest BCUT2D eigenvalue weighted by atomic mass is 10.0. The first kappa shape index (κ1) is 16.7. The Morgan fingerprint density at radius 2 is 1.31 bits per heavy atom. The zero-order chi connectivity index (χ0) is 18.1. The second-order valence-corrected chi connectivity index (χ2v) is 7.17. The summed E-state index contributed by atoms with van der Waals surface area (Å²) in [5.41, 5.74) is 2.19. The van der Waals surface area contributed by atoms with Gasteiger partial charge in [-0.05, 0) is 29.8 Å². The summed E-state index contributed by atoms with van der Waals surface area (Å²) < 4.78 is 0.913. The van der Waals surface area contributed by atoms with E-state index in [1.54, 1.807) is 29.2 Å². The van der Waals surface area contributed by atoms with E-state index in [-0.39, 0.29) is 17.7 Å². The number of benzene rings is 3. The fourth-order valence-corrected chi connectivity index (χ4v) is 3.53. The summed E-state index contributed by atoms with van der Waals surface area (Å²) in [6, 6.07) is 25.4. The second kappa shape index (κ2) is 6.89. The molecule has 1 amide bonds. The molecule has 2 atom stereocenters. The van der Waals surface area contributed by atoms with E-state index in [4.69, 9.17) is 0 Å². The van der Waals surface area contributed by atoms with Gasteiger partial charge in [-0.2, -0.15) is 0 Å². The van der Waals surface area contributed by atoms with E-state index in [0.717, 1.165) is 10.0 Å². The number of hydrogen-bond acceptors (Lipinski definition) is 2. The Labute approximate surface area is 160 Å². The van der Waals surface area contributed by atoms with Crippen LogP contribution < -0.4 is 0 Å². The van der Waals surface area contributed by atoms with E-state index >= 15 is 0 Å². The van der Waals surface area contributed by atoms with Gasteiger partial charge in [0, 0.05) is 15.6 Å². The van der Waals surface area contributed by atoms with Gasteiger partial charge in [0.2, 0.25) is 0 Å². The van der Waals surface area contributed by atoms with Gasteiger partial charge in [0.25, 0.3) is 5.91 Å². The first-order valence-electron chi connectivity index (χ1n) is 8.39. The summed E-state index contributed by atoms with van der Waals surface area (Å²) in [5, 5.41) is 0. The molecule has 0 N–H and O–H groups in total. The van der Waals surface area contributed by atoms with Crippen molar-refractivity contribution < 1.29 is 9.59 Å². The Bertz CT molecular complexity index is 939. The summed E-state index contributed by atoms with van der Waals surface area (Å²) in [6.45, 7) is 0. The van der Waals surface area contributed by atoms with Crippen LogP contribution in [0.15, 0.2) is 89.4 Å². The minimum Gasteiger partial charge on any atom is -0.316 e. The standard InChI is InChI=1S/C22H16BrNO2/c23-18-13-11-17(12-14-18)22(26)24-19(15-7-3-1-4-8-15)20(24)21(25)16-9-5-2-6-10-16/h1-14,19-20H/t19-,20-,24?/m1/s1. The lowest BCUT2D eigenvalue weighted by Crippen LogP contribution is -2.19. The molecule has 3 aromatic rings. The number of rotatable bonds is 4. The number of ketones is 1. The number of carbonyl (C=O) groups is 2. The number of Topliss-reactive ketones (excluding diaryl/α,β-unsaturated/α-hetero) is 1. The van der Waals surface area contributed by atoms with Crippen molar-refractivity contribution in [3.8, 4) is 0 Å². The zero-order valence-electron chi connectivity index (χ0n) is 13.9. The van der Waals surface area contributed by atoms with Gasteiger partial charge in [-0.25, -0.2) is 0 Å². The predicted octanol–water partition coefficient (Wildman–Crippen LogP) is 4.90. The summed E-state index contributed by atoms with van der Waals surface area (Å²) in [7, 11) is 0. The van der Waals surface area contributed by atoms with Crippen molar-refractivity contribution in [1.29, 1.82) is 0 Å². The average molecular weight is 406 g/mol. The molecule has 4 rings (SSSR count). The Kier molecular flexibility index (Phi) is 4.43. The molecule has 4 heteroatoms. The highest BCUT2D eigenvalue weighted by atomic mass is 79.9. The van der Waals surface area contributed by atoms with Gasteiger partial charge in [-0.15, -0.1) is 0 Å². The van der Waals surface area contributed by atoms with Crippen molar-refractivity contribution in [3.05, 3.63) is 106 Å². The van der Waals surface area contributed by atoms with Crippen LogP contribution in [0.2, 0.25) is 0 Å². The third kappa shape index (κ3) is 3.08. The maximum atomic E-state index is 13.0. The van der Waals surface area contributed by atoms with Crippen molar-refractivity contribution in [2.45, 2.75) is 12.1 Å². The number of hydrogen-bond donors (Lipinski definition) is 0. The molecule has 0 unspecified atom stereocenters. The molecule has 0 aromatic heterocycles. The van der Waals surface area contributed by atoms with E-state index < -0.39 is 6.04 Å². The number of carbonyl (C=O) groups excluding carboxylic acids is 2. The minimum absolute atomic E-state index is 0.0232. The van der Waals surface area contributed by atoms with Crippen molar-refractivity contribution in [3.63, 3.8) is 0 Å². The van der Waals surface area contributed by atoms with E-state index in [1.165, 1.54) is 0 Å². The summed E-state index contributed by atoms with van der Waals surface area (Å²) in [5.74, 6) is -0.148. The van der Waals surface area contributed by atoms with Crippen LogP contribution >= 0.6 is 15.9 Å². The Balaban J connectivity index is 1.67. The third-order valence-corrected chi connectivity index (χ3v) is 5.13. The topological polar surface area (TPSA) is 37.1 Å². The maximum Gasteiger partial charge on any atom is 0.255 e. The number of halogens is 1. The van der Waals surface area contributed by atoms with Crippen LogP contribution in [-0.4, -0.2) is 22.6 Å². The van der Waals surface area contributed by atoms with E-state index in [9.17, 15) is 9.59 Å². The van der Waals surface area contributed by atoms with Crippen LogP contribution in [0.25, 0.3) is 0 Å². The Morgan fingerprint density at radius 1 is 0.731 bits per heavy atom. The minimum atomic E-state index is -0.462. The molecule has 0 radical (unpaired) electrons. The van der Waals surface area contributed by atoms with Crippen LogP contribution in [0, 0.1) is 0 Å². The SMILES string of the molecule is O=C(c1ccccc1)[C@H]1[C@@H](c2ccccc2)N1C(=O)c1ccc(Br)cc1. The highest BCUT2D eigenvalue weighted by molar-refractivity contribution is 9.10. The van der Waals surface area contributed by atoms with Crippen molar-refractivity contribution >= 4 is 27.6 Å². The highest BCUT2D eigenvalue weighted by Crippen LogP contribution is 2.45. The smallest absolute Gasteiger partial charge is 0.255 e. The van der Waals surface area contributed by atoms with Gasteiger partial charge in [-0.1, -0.05) is 76.6 Å². The molecule has 0 spiro atoms. The first-order valence-corrected chi connectivity index (χ1v) is 9.18. The van der Waals surface area contributed by atoms with Gasteiger partial charge in [0.05, 0.1) is 6.04 Å². The van der Waals surface area contributed by atoms with Crippen LogP contribution in [0.1, 0.15) is 32.3 Å². The molecule has 3 nitrogen and oxygen atoms in total. The van der Waals surface area contributed by atoms with Crippen LogP contribution in [0.5, 0.6) is 0 Å². The normalized spacial score (nSPS) is 18.4.